The van der Waals surface area contributed by atoms with E-state index in [0.29, 0.717) is 0 Å². The number of benzene rings is 2. The van der Waals surface area contributed by atoms with Crippen molar-refractivity contribution < 1.29 is 5.11 Å². The Bertz CT molecular complexity index is 441. The van der Waals surface area contributed by atoms with Crippen molar-refractivity contribution in [1.29, 1.82) is 0 Å². The summed E-state index contributed by atoms with van der Waals surface area (Å²) in [7, 11) is -1.75. The first kappa shape index (κ1) is 10.0. The standard InChI is InChI=1S/C14H15OP/c15-14-11-16(14,12-7-3-1-4-8-12)13-9-5-2-6-10-13/h1-10,14-16H,11H2. The monoisotopic (exact) mass is 230 g/mol. The van der Waals surface area contributed by atoms with Crippen molar-refractivity contribution in [3.63, 3.8) is 0 Å². The molecule has 2 heteroatoms. The second-order valence-electron chi connectivity index (χ2n) is 4.42. The van der Waals surface area contributed by atoms with Crippen LogP contribution in [0.5, 0.6) is 0 Å². The summed E-state index contributed by atoms with van der Waals surface area (Å²) in [6.45, 7) is 0. The molecule has 0 aromatic heterocycles. The number of hydrogen-bond acceptors (Lipinski definition) is 1. The predicted octanol–water partition coefficient (Wildman–Crippen LogP) is 1.72. The molecular weight excluding hydrogens is 215 g/mol. The summed E-state index contributed by atoms with van der Waals surface area (Å²) in [4.78, 5) is 0. The van der Waals surface area contributed by atoms with Crippen LogP contribution in [-0.4, -0.2) is 17.1 Å². The van der Waals surface area contributed by atoms with E-state index in [-0.39, 0.29) is 5.85 Å². The van der Waals surface area contributed by atoms with Gasteiger partial charge in [0.15, 0.2) is 0 Å². The van der Waals surface area contributed by atoms with Crippen molar-refractivity contribution in [2.45, 2.75) is 5.85 Å². The minimum atomic E-state index is -1.75. The van der Waals surface area contributed by atoms with E-state index in [1.54, 1.807) is 0 Å². The molecule has 0 saturated carbocycles. The van der Waals surface area contributed by atoms with Crippen LogP contribution in [0.2, 0.25) is 0 Å². The van der Waals surface area contributed by atoms with Gasteiger partial charge in [-0.3, -0.25) is 0 Å². The van der Waals surface area contributed by atoms with Gasteiger partial charge in [0.05, 0.1) is 0 Å². The summed E-state index contributed by atoms with van der Waals surface area (Å²) in [6, 6.07) is 21.0. The quantitative estimate of drug-likeness (QED) is 0.779. The fourth-order valence-corrected chi connectivity index (χ4v) is 6.76. The molecular formula is C14H15OP. The molecule has 0 amide bonds. The summed E-state index contributed by atoms with van der Waals surface area (Å²) in [5, 5.41) is 12.8. The molecule has 0 bridgehead atoms. The van der Waals surface area contributed by atoms with Crippen LogP contribution in [0.4, 0.5) is 0 Å². The molecule has 1 unspecified atom stereocenters. The molecule has 1 aliphatic heterocycles. The van der Waals surface area contributed by atoms with Gasteiger partial charge in [0.2, 0.25) is 0 Å². The Hall–Kier alpha value is -1.17. The third kappa shape index (κ3) is 1.40. The molecule has 1 N–H and O–H groups in total. The van der Waals surface area contributed by atoms with E-state index in [9.17, 15) is 5.11 Å². The molecule has 1 nitrogen and oxygen atoms in total. The first-order valence-electron chi connectivity index (χ1n) is 5.63. The third-order valence-corrected chi connectivity index (χ3v) is 8.08. The zero-order valence-electron chi connectivity index (χ0n) is 9.01. The summed E-state index contributed by atoms with van der Waals surface area (Å²) in [5.74, 6) is -0.0997. The predicted molar refractivity (Wildman–Crippen MR) is 71.3 cm³/mol. The van der Waals surface area contributed by atoms with Gasteiger partial charge < -0.3 is 0 Å². The van der Waals surface area contributed by atoms with E-state index in [2.05, 4.69) is 48.5 Å². The molecule has 1 heterocycles. The molecule has 1 atom stereocenters. The van der Waals surface area contributed by atoms with E-state index >= 15 is 0 Å². The Balaban J connectivity index is 2.10. The van der Waals surface area contributed by atoms with Crippen molar-refractivity contribution in [3.05, 3.63) is 60.7 Å². The van der Waals surface area contributed by atoms with Gasteiger partial charge in [0, 0.05) is 0 Å². The Morgan fingerprint density at radius 2 is 1.19 bits per heavy atom. The molecule has 2 aromatic rings. The van der Waals surface area contributed by atoms with Crippen LogP contribution in [0.1, 0.15) is 0 Å². The van der Waals surface area contributed by atoms with Crippen LogP contribution in [0, 0.1) is 0 Å². The summed E-state index contributed by atoms with van der Waals surface area (Å²) in [6.07, 6.45) is 0.973. The molecule has 1 fully saturated rings. The zero-order chi connectivity index (χ0) is 11.0. The van der Waals surface area contributed by atoms with Crippen LogP contribution in [0.3, 0.4) is 0 Å². The topological polar surface area (TPSA) is 20.2 Å². The van der Waals surface area contributed by atoms with Crippen molar-refractivity contribution in [3.8, 4) is 0 Å². The first-order valence-corrected chi connectivity index (χ1v) is 7.91. The van der Waals surface area contributed by atoms with Crippen molar-refractivity contribution in [2.24, 2.45) is 0 Å². The number of hydrogen-bond donors (Lipinski definition) is 1. The fraction of sp³-hybridized carbons (Fsp3) is 0.143. The normalized spacial score (nSPS) is 23.7. The zero-order valence-corrected chi connectivity index (χ0v) is 10.0. The maximum atomic E-state index is 10.0. The Morgan fingerprint density at radius 3 is 1.50 bits per heavy atom. The van der Waals surface area contributed by atoms with E-state index in [4.69, 9.17) is 0 Å². The van der Waals surface area contributed by atoms with E-state index in [1.165, 1.54) is 10.6 Å². The first-order chi connectivity index (χ1) is 7.84. The summed E-state index contributed by atoms with van der Waals surface area (Å²) >= 11 is 0. The second kappa shape index (κ2) is 3.69. The Morgan fingerprint density at radius 1 is 0.812 bits per heavy atom. The van der Waals surface area contributed by atoms with Gasteiger partial charge in [-0.1, -0.05) is 0 Å². The van der Waals surface area contributed by atoms with Crippen LogP contribution < -0.4 is 10.6 Å². The maximum absolute atomic E-state index is 10.0. The van der Waals surface area contributed by atoms with Crippen molar-refractivity contribution in [2.75, 3.05) is 6.16 Å². The van der Waals surface area contributed by atoms with Crippen molar-refractivity contribution >= 4 is 17.9 Å². The third-order valence-electron chi connectivity index (χ3n) is 3.50. The molecule has 3 rings (SSSR count). The molecule has 2 aromatic carbocycles. The molecule has 0 aliphatic carbocycles. The van der Waals surface area contributed by atoms with Gasteiger partial charge in [-0.25, -0.2) is 0 Å². The van der Waals surface area contributed by atoms with Gasteiger partial charge in [0.25, 0.3) is 0 Å². The number of aliphatic hydroxyl groups excluding tert-OH is 1. The van der Waals surface area contributed by atoms with Crippen LogP contribution >= 0.6 is 7.26 Å². The van der Waals surface area contributed by atoms with Crippen LogP contribution in [0.25, 0.3) is 0 Å². The van der Waals surface area contributed by atoms with Crippen molar-refractivity contribution in [1.82, 2.24) is 0 Å². The van der Waals surface area contributed by atoms with Gasteiger partial charge in [-0.2, -0.15) is 0 Å². The molecule has 0 spiro atoms. The van der Waals surface area contributed by atoms with Gasteiger partial charge in [0.1, 0.15) is 0 Å². The van der Waals surface area contributed by atoms with Gasteiger partial charge in [-0.05, 0) is 0 Å². The second-order valence-corrected chi connectivity index (χ2v) is 8.60. The van der Waals surface area contributed by atoms with Crippen LogP contribution in [0.15, 0.2) is 60.7 Å². The molecule has 1 aliphatic rings. The van der Waals surface area contributed by atoms with Gasteiger partial charge in [-0.15, -0.1) is 0 Å². The molecule has 0 radical (unpaired) electrons. The SMILES string of the molecule is OC1C[PH]1(c1ccccc1)c1ccccc1. The molecule has 16 heavy (non-hydrogen) atoms. The minimum absolute atomic E-state index is 0.0997. The summed E-state index contributed by atoms with van der Waals surface area (Å²) < 4.78 is 0. The molecule has 82 valence electrons. The summed E-state index contributed by atoms with van der Waals surface area (Å²) in [5.41, 5.74) is 0. The van der Waals surface area contributed by atoms with Gasteiger partial charge >= 0.3 is 95.6 Å². The average molecular weight is 230 g/mol. The fourth-order valence-electron chi connectivity index (χ4n) is 2.50. The Kier molecular flexibility index (Phi) is 2.31. The average Bonchev–Trinajstić information content (AvgIpc) is 3.05. The number of rotatable bonds is 2. The van der Waals surface area contributed by atoms with Crippen LogP contribution in [-0.2, 0) is 0 Å². The van der Waals surface area contributed by atoms with E-state index < -0.39 is 7.26 Å². The van der Waals surface area contributed by atoms with E-state index in [0.717, 1.165) is 6.16 Å². The van der Waals surface area contributed by atoms with E-state index in [1.807, 2.05) is 12.1 Å². The number of aliphatic hydroxyl groups is 1. The Labute approximate surface area is 96.1 Å². The molecule has 1 saturated heterocycles.